The number of hydrogen-bond acceptors (Lipinski definition) is 4. The molecule has 0 spiro atoms. The van der Waals surface area contributed by atoms with Crippen LogP contribution in [-0.2, 0) is 10.0 Å². The van der Waals surface area contributed by atoms with Crippen LogP contribution < -0.4 is 9.46 Å². The van der Waals surface area contributed by atoms with Gasteiger partial charge in [-0.2, -0.15) is 0 Å². The molecule has 0 aliphatic rings. The molecule has 0 unspecified atom stereocenters. The zero-order valence-electron chi connectivity index (χ0n) is 12.9. The molecule has 5 nitrogen and oxygen atoms in total. The largest absolute Gasteiger partial charge is 0.492 e. The summed E-state index contributed by atoms with van der Waals surface area (Å²) in [5.41, 5.74) is 0.333. The van der Waals surface area contributed by atoms with Gasteiger partial charge in [-0.3, -0.25) is 9.71 Å². The number of halogens is 1. The molecule has 0 saturated carbocycles. The van der Waals surface area contributed by atoms with Crippen molar-refractivity contribution in [1.29, 1.82) is 0 Å². The van der Waals surface area contributed by atoms with Crippen LogP contribution in [0, 0.1) is 5.82 Å². The lowest BCUT2D eigenvalue weighted by molar-refractivity contribution is 0.343. The van der Waals surface area contributed by atoms with Crippen LogP contribution in [0.25, 0.3) is 10.9 Å². The van der Waals surface area contributed by atoms with E-state index in [1.807, 2.05) is 6.92 Å². The van der Waals surface area contributed by atoms with Gasteiger partial charge < -0.3 is 4.74 Å². The average molecular weight is 346 g/mol. The number of nitrogens with zero attached hydrogens (tertiary/aromatic N) is 1. The van der Waals surface area contributed by atoms with Crippen molar-refractivity contribution in [3.05, 3.63) is 60.5 Å². The molecule has 1 aromatic heterocycles. The molecule has 124 valence electrons. The molecule has 2 aromatic carbocycles. The first-order valence-electron chi connectivity index (χ1n) is 7.31. The van der Waals surface area contributed by atoms with Gasteiger partial charge in [0.2, 0.25) is 0 Å². The zero-order chi connectivity index (χ0) is 17.2. The highest BCUT2D eigenvalue weighted by Gasteiger charge is 2.21. The topological polar surface area (TPSA) is 68.3 Å². The number of rotatable bonds is 5. The molecule has 24 heavy (non-hydrogen) atoms. The first-order valence-corrected chi connectivity index (χ1v) is 8.79. The summed E-state index contributed by atoms with van der Waals surface area (Å²) in [4.78, 5) is 4.22. The molecule has 0 aliphatic carbocycles. The fourth-order valence-electron chi connectivity index (χ4n) is 2.37. The predicted octanol–water partition coefficient (Wildman–Crippen LogP) is 3.57. The third kappa shape index (κ3) is 3.03. The Balaban J connectivity index is 2.12. The number of fused-ring (bicyclic) bond motifs is 1. The number of nitrogens with one attached hydrogen (secondary N) is 1. The second-order valence-corrected chi connectivity index (χ2v) is 6.63. The summed E-state index contributed by atoms with van der Waals surface area (Å²) in [5.74, 6) is -0.146. The van der Waals surface area contributed by atoms with Crippen LogP contribution in [0.1, 0.15) is 6.92 Å². The maximum absolute atomic E-state index is 13.8. The fraction of sp³-hybridized carbons (Fsp3) is 0.118. The Hall–Kier alpha value is -2.67. The smallest absolute Gasteiger partial charge is 0.262 e. The molecule has 3 aromatic rings. The van der Waals surface area contributed by atoms with Crippen molar-refractivity contribution in [2.45, 2.75) is 11.8 Å². The summed E-state index contributed by atoms with van der Waals surface area (Å²) in [5, 5.41) is 0.410. The number of benzene rings is 2. The SMILES string of the molecule is CCOc1ccc(S(=O)(=O)Nc2ccccc2F)c2cccnc12. The Kier molecular flexibility index (Phi) is 4.35. The van der Waals surface area contributed by atoms with Gasteiger partial charge in [-0.25, -0.2) is 12.8 Å². The van der Waals surface area contributed by atoms with E-state index >= 15 is 0 Å². The van der Waals surface area contributed by atoms with Gasteiger partial charge in [-0.1, -0.05) is 12.1 Å². The second kappa shape index (κ2) is 6.45. The Bertz CT molecular complexity index is 990. The van der Waals surface area contributed by atoms with Gasteiger partial charge in [0.25, 0.3) is 10.0 Å². The third-order valence-corrected chi connectivity index (χ3v) is 4.82. The van der Waals surface area contributed by atoms with Crippen LogP contribution in [0.3, 0.4) is 0 Å². The number of ether oxygens (including phenoxy) is 1. The van der Waals surface area contributed by atoms with Crippen LogP contribution >= 0.6 is 0 Å². The van der Waals surface area contributed by atoms with E-state index in [0.29, 0.717) is 23.3 Å². The van der Waals surface area contributed by atoms with E-state index in [9.17, 15) is 12.8 Å². The molecular formula is C17H15FN2O3S. The first kappa shape index (κ1) is 16.2. The van der Waals surface area contributed by atoms with Crippen molar-refractivity contribution < 1.29 is 17.5 Å². The predicted molar refractivity (Wildman–Crippen MR) is 90.1 cm³/mol. The molecule has 3 rings (SSSR count). The summed E-state index contributed by atoms with van der Waals surface area (Å²) in [6.45, 7) is 2.27. The van der Waals surface area contributed by atoms with Gasteiger partial charge in [-0.05, 0) is 43.3 Å². The summed E-state index contributed by atoms with van der Waals surface area (Å²) < 4.78 is 46.9. The van der Waals surface area contributed by atoms with Gasteiger partial charge in [0, 0.05) is 11.6 Å². The Labute approximate surface area is 139 Å². The van der Waals surface area contributed by atoms with Crippen molar-refractivity contribution in [3.8, 4) is 5.75 Å². The Morgan fingerprint density at radius 1 is 1.12 bits per heavy atom. The maximum Gasteiger partial charge on any atom is 0.262 e. The van der Waals surface area contributed by atoms with Crippen LogP contribution in [0.2, 0.25) is 0 Å². The van der Waals surface area contributed by atoms with E-state index in [4.69, 9.17) is 4.74 Å². The van der Waals surface area contributed by atoms with Crippen molar-refractivity contribution in [3.63, 3.8) is 0 Å². The molecule has 0 saturated heterocycles. The lowest BCUT2D eigenvalue weighted by atomic mass is 10.2. The third-order valence-electron chi connectivity index (χ3n) is 3.40. The van der Waals surface area contributed by atoms with Crippen molar-refractivity contribution in [2.75, 3.05) is 11.3 Å². The minimum atomic E-state index is -3.98. The number of hydrogen-bond donors (Lipinski definition) is 1. The number of aromatic nitrogens is 1. The molecular weight excluding hydrogens is 331 g/mol. The van der Waals surface area contributed by atoms with Gasteiger partial charge in [0.1, 0.15) is 17.1 Å². The summed E-state index contributed by atoms with van der Waals surface area (Å²) >= 11 is 0. The molecule has 0 atom stereocenters. The van der Waals surface area contributed by atoms with Crippen LogP contribution in [0.4, 0.5) is 10.1 Å². The average Bonchev–Trinajstić information content (AvgIpc) is 2.57. The number of pyridine rings is 1. The van der Waals surface area contributed by atoms with E-state index in [1.54, 1.807) is 30.5 Å². The van der Waals surface area contributed by atoms with Crippen molar-refractivity contribution in [2.24, 2.45) is 0 Å². The van der Waals surface area contributed by atoms with E-state index in [-0.39, 0.29) is 10.6 Å². The van der Waals surface area contributed by atoms with E-state index in [0.717, 1.165) is 0 Å². The molecule has 0 radical (unpaired) electrons. The normalized spacial score (nSPS) is 11.4. The Morgan fingerprint density at radius 2 is 1.92 bits per heavy atom. The quantitative estimate of drug-likeness (QED) is 0.767. The first-order chi connectivity index (χ1) is 11.5. The highest BCUT2D eigenvalue weighted by atomic mass is 32.2. The maximum atomic E-state index is 13.8. The Morgan fingerprint density at radius 3 is 2.67 bits per heavy atom. The summed E-state index contributed by atoms with van der Waals surface area (Å²) in [7, 11) is -3.98. The van der Waals surface area contributed by atoms with Gasteiger partial charge >= 0.3 is 0 Å². The molecule has 1 heterocycles. The monoisotopic (exact) mass is 346 g/mol. The van der Waals surface area contributed by atoms with Gasteiger partial charge in [0.15, 0.2) is 0 Å². The summed E-state index contributed by atoms with van der Waals surface area (Å²) in [6.07, 6.45) is 1.56. The molecule has 0 aliphatic heterocycles. The van der Waals surface area contributed by atoms with Crippen LogP contribution in [-0.4, -0.2) is 20.0 Å². The van der Waals surface area contributed by atoms with Gasteiger partial charge in [-0.15, -0.1) is 0 Å². The summed E-state index contributed by atoms with van der Waals surface area (Å²) in [6, 6.07) is 11.9. The van der Waals surface area contributed by atoms with Crippen molar-refractivity contribution in [1.82, 2.24) is 4.98 Å². The molecule has 7 heteroatoms. The van der Waals surface area contributed by atoms with E-state index in [2.05, 4.69) is 9.71 Å². The molecule has 0 bridgehead atoms. The lowest BCUT2D eigenvalue weighted by Crippen LogP contribution is -2.14. The molecule has 0 amide bonds. The lowest BCUT2D eigenvalue weighted by Gasteiger charge is -2.13. The highest BCUT2D eigenvalue weighted by Crippen LogP contribution is 2.30. The van der Waals surface area contributed by atoms with E-state index < -0.39 is 15.8 Å². The van der Waals surface area contributed by atoms with Crippen LogP contribution in [0.15, 0.2) is 59.6 Å². The highest BCUT2D eigenvalue weighted by molar-refractivity contribution is 7.93. The molecule has 1 N–H and O–H groups in total. The van der Waals surface area contributed by atoms with Crippen LogP contribution in [0.5, 0.6) is 5.75 Å². The molecule has 0 fully saturated rings. The standard InChI is InChI=1S/C17H15FN2O3S/c1-2-23-15-9-10-16(12-6-5-11-19-17(12)15)24(21,22)20-14-8-4-3-7-13(14)18/h3-11,20H,2H2,1H3. The minimum Gasteiger partial charge on any atom is -0.492 e. The fourth-order valence-corrected chi connectivity index (χ4v) is 3.64. The zero-order valence-corrected chi connectivity index (χ0v) is 13.7. The number of para-hydroxylation sites is 1. The second-order valence-electron chi connectivity index (χ2n) is 4.98. The number of sulfonamides is 1. The van der Waals surface area contributed by atoms with Crippen molar-refractivity contribution >= 4 is 26.6 Å². The number of anilines is 1. The van der Waals surface area contributed by atoms with Gasteiger partial charge in [0.05, 0.1) is 17.2 Å². The van der Waals surface area contributed by atoms with E-state index in [1.165, 1.54) is 24.3 Å². The minimum absolute atomic E-state index is 0.0114.